The van der Waals surface area contributed by atoms with E-state index in [2.05, 4.69) is 5.73 Å². The minimum absolute atomic E-state index is 0.164. The fourth-order valence-corrected chi connectivity index (χ4v) is 3.02. The molecule has 3 N–H and O–H groups in total. The summed E-state index contributed by atoms with van der Waals surface area (Å²) in [6.45, 7) is 0.291. The number of phenols is 1. The molecule has 3 rings (SSSR count). The van der Waals surface area contributed by atoms with Gasteiger partial charge in [0, 0.05) is 18.4 Å². The molecule has 30 heavy (non-hydrogen) atoms. The van der Waals surface area contributed by atoms with Crippen molar-refractivity contribution in [3.8, 4) is 11.5 Å². The molecule has 0 bridgehead atoms. The Morgan fingerprint density at radius 3 is 2.07 bits per heavy atom. The first kappa shape index (κ1) is 21.4. The molecule has 2 atom stereocenters. The minimum atomic E-state index is -0.701. The third-order valence-corrected chi connectivity index (χ3v) is 4.71. The maximum Gasteiger partial charge on any atom is 0.119 e. The van der Waals surface area contributed by atoms with Crippen molar-refractivity contribution in [1.29, 1.82) is 0 Å². The second-order valence-corrected chi connectivity index (χ2v) is 7.03. The first-order valence-corrected chi connectivity index (χ1v) is 9.92. The van der Waals surface area contributed by atoms with E-state index < -0.39 is 12.2 Å². The predicted molar refractivity (Wildman–Crippen MR) is 117 cm³/mol. The predicted octanol–water partition coefficient (Wildman–Crippen LogP) is 5.10. The largest absolute Gasteiger partial charge is 0.508 e. The summed E-state index contributed by atoms with van der Waals surface area (Å²) in [6.07, 6.45) is 1.14. The van der Waals surface area contributed by atoms with Gasteiger partial charge in [-0.05, 0) is 41.5 Å². The average molecular weight is 402 g/mol. The Morgan fingerprint density at radius 1 is 0.800 bits per heavy atom. The van der Waals surface area contributed by atoms with Crippen molar-refractivity contribution in [3.63, 3.8) is 0 Å². The van der Waals surface area contributed by atoms with Crippen molar-refractivity contribution in [2.24, 2.45) is 0 Å². The Balaban J connectivity index is 1.71. The maximum absolute atomic E-state index is 10.6. The third-order valence-electron chi connectivity index (χ3n) is 4.71. The number of hydrogen-bond donors (Lipinski definition) is 3. The summed E-state index contributed by atoms with van der Waals surface area (Å²) in [4.78, 5) is 0. The van der Waals surface area contributed by atoms with E-state index in [1.807, 2.05) is 60.7 Å². The maximum atomic E-state index is 10.6. The number of aliphatic hydroxyl groups excluding tert-OH is 2. The molecule has 0 unspecified atom stereocenters. The number of rotatable bonds is 9. The van der Waals surface area contributed by atoms with E-state index in [9.17, 15) is 15.3 Å². The van der Waals surface area contributed by atoms with Gasteiger partial charge in [0.05, 0.1) is 12.2 Å². The molecule has 0 amide bonds. The zero-order chi connectivity index (χ0) is 21.2. The highest BCUT2D eigenvalue weighted by molar-refractivity contribution is 5.28. The summed E-state index contributed by atoms with van der Waals surface area (Å²) in [5, 5.41) is 30.3. The molecule has 0 fully saturated rings. The quantitative estimate of drug-likeness (QED) is 0.436. The second kappa shape index (κ2) is 11.0. The number of ether oxygens (including phenoxy) is 1. The van der Waals surface area contributed by atoms with E-state index in [1.165, 1.54) is 0 Å². The molecule has 0 radical (unpaired) electrons. The zero-order valence-corrected chi connectivity index (χ0v) is 16.7. The van der Waals surface area contributed by atoms with Crippen molar-refractivity contribution in [2.75, 3.05) is 6.61 Å². The summed E-state index contributed by atoms with van der Waals surface area (Å²) < 4.78 is 5.84. The van der Waals surface area contributed by atoms with Crippen LogP contribution in [0.4, 0.5) is 0 Å². The first-order valence-electron chi connectivity index (χ1n) is 9.92. The van der Waals surface area contributed by atoms with Crippen LogP contribution >= 0.6 is 0 Å². The van der Waals surface area contributed by atoms with E-state index in [-0.39, 0.29) is 5.75 Å². The Morgan fingerprint density at radius 2 is 1.40 bits per heavy atom. The lowest BCUT2D eigenvalue weighted by molar-refractivity contribution is 0.173. The molecule has 0 aliphatic heterocycles. The van der Waals surface area contributed by atoms with Gasteiger partial charge in [0.25, 0.3) is 0 Å². The zero-order valence-electron chi connectivity index (χ0n) is 16.7. The Labute approximate surface area is 177 Å². The van der Waals surface area contributed by atoms with Gasteiger partial charge in [0.1, 0.15) is 18.1 Å². The van der Waals surface area contributed by atoms with Crippen LogP contribution in [0.3, 0.4) is 0 Å². The second-order valence-electron chi connectivity index (χ2n) is 7.03. The lowest BCUT2D eigenvalue weighted by atomic mass is 10.0. The van der Waals surface area contributed by atoms with Crippen LogP contribution in [0.15, 0.2) is 102 Å². The summed E-state index contributed by atoms with van der Waals surface area (Å²) >= 11 is 0. The van der Waals surface area contributed by atoms with Crippen LogP contribution in [0.25, 0.3) is 0 Å². The molecule has 154 valence electrons. The van der Waals surface area contributed by atoms with Crippen molar-refractivity contribution >= 4 is 0 Å². The van der Waals surface area contributed by atoms with Crippen LogP contribution in [0, 0.1) is 0 Å². The molecule has 0 aliphatic carbocycles. The Kier molecular flexibility index (Phi) is 7.87. The monoisotopic (exact) mass is 402 g/mol. The molecule has 0 spiro atoms. The molecule has 3 aromatic carbocycles. The molecular formula is C26H26O4. The van der Waals surface area contributed by atoms with E-state index in [1.54, 1.807) is 30.3 Å². The van der Waals surface area contributed by atoms with E-state index in [0.717, 1.165) is 22.4 Å². The minimum Gasteiger partial charge on any atom is -0.508 e. The van der Waals surface area contributed by atoms with Crippen LogP contribution in [0.2, 0.25) is 0 Å². The number of para-hydroxylation sites is 1. The van der Waals surface area contributed by atoms with Gasteiger partial charge in [0.15, 0.2) is 0 Å². The molecule has 3 aromatic rings. The van der Waals surface area contributed by atoms with Crippen molar-refractivity contribution in [2.45, 2.75) is 25.0 Å². The summed E-state index contributed by atoms with van der Waals surface area (Å²) in [6, 6.07) is 25.4. The lowest BCUT2D eigenvalue weighted by Gasteiger charge is -2.14. The van der Waals surface area contributed by atoms with Crippen molar-refractivity contribution in [3.05, 3.63) is 113 Å². The fourth-order valence-electron chi connectivity index (χ4n) is 3.02. The number of aliphatic hydroxyl groups is 2. The fraction of sp³-hybridized carbons (Fsp3) is 0.192. The summed E-state index contributed by atoms with van der Waals surface area (Å²) in [7, 11) is 0. The first-order chi connectivity index (χ1) is 14.6. The van der Waals surface area contributed by atoms with Gasteiger partial charge >= 0.3 is 0 Å². The average Bonchev–Trinajstić information content (AvgIpc) is 2.79. The van der Waals surface area contributed by atoms with Crippen molar-refractivity contribution < 1.29 is 20.1 Å². The number of phenolic OH excluding ortho intramolecular Hbond substituents is 1. The van der Waals surface area contributed by atoms with E-state index in [4.69, 9.17) is 4.74 Å². The van der Waals surface area contributed by atoms with Gasteiger partial charge in [-0.1, -0.05) is 60.7 Å². The normalized spacial score (nSPS) is 12.5. The van der Waals surface area contributed by atoms with Gasteiger partial charge in [-0.25, -0.2) is 0 Å². The number of benzene rings is 3. The van der Waals surface area contributed by atoms with Crippen LogP contribution in [-0.2, 0) is 0 Å². The Bertz CT molecular complexity index is 959. The molecule has 0 saturated carbocycles. The van der Waals surface area contributed by atoms with Crippen LogP contribution < -0.4 is 4.74 Å². The standard InChI is InChI=1S/C26H26O4/c27-23-16-14-22(15-17-23)25(28)13-7-8-20(19-30-24-11-5-2-6-12-24)18-26(29)21-9-3-1-4-10-21/h1-7,9-12,14-17,25-29H,13,18-19H2/t8?,25-,26-/m1/s1. The molecule has 0 heterocycles. The molecule has 0 saturated heterocycles. The van der Waals surface area contributed by atoms with Gasteiger partial charge in [0.2, 0.25) is 0 Å². The highest BCUT2D eigenvalue weighted by atomic mass is 16.5. The van der Waals surface area contributed by atoms with Gasteiger partial charge in [-0.3, -0.25) is 0 Å². The van der Waals surface area contributed by atoms with Crippen LogP contribution in [0.1, 0.15) is 36.2 Å². The molecule has 4 nitrogen and oxygen atoms in total. The van der Waals surface area contributed by atoms with Gasteiger partial charge in [-0.2, -0.15) is 0 Å². The molecule has 4 heteroatoms. The highest BCUT2D eigenvalue weighted by Gasteiger charge is 2.11. The molecule has 0 aromatic heterocycles. The molecular weight excluding hydrogens is 376 g/mol. The topological polar surface area (TPSA) is 69.9 Å². The van der Waals surface area contributed by atoms with Gasteiger partial charge < -0.3 is 20.1 Å². The Hall–Kier alpha value is -3.30. The van der Waals surface area contributed by atoms with Crippen LogP contribution in [0.5, 0.6) is 11.5 Å². The van der Waals surface area contributed by atoms with Crippen molar-refractivity contribution in [1.82, 2.24) is 0 Å². The summed E-state index contributed by atoms with van der Waals surface area (Å²) in [5.74, 6) is 0.909. The van der Waals surface area contributed by atoms with Crippen LogP contribution in [-0.4, -0.2) is 21.9 Å². The van der Waals surface area contributed by atoms with E-state index >= 15 is 0 Å². The van der Waals surface area contributed by atoms with Gasteiger partial charge in [-0.15, -0.1) is 5.73 Å². The molecule has 0 aliphatic rings. The smallest absolute Gasteiger partial charge is 0.119 e. The number of hydrogen-bond acceptors (Lipinski definition) is 4. The summed E-state index contributed by atoms with van der Waals surface area (Å²) in [5.41, 5.74) is 5.55. The third kappa shape index (κ3) is 6.64. The SMILES string of the molecule is Oc1ccc([C@H](O)CC=C=C(COc2ccccc2)C[C@@H](O)c2ccccc2)cc1. The number of aromatic hydroxyl groups is 1. The highest BCUT2D eigenvalue weighted by Crippen LogP contribution is 2.23. The lowest BCUT2D eigenvalue weighted by Crippen LogP contribution is -2.06. The van der Waals surface area contributed by atoms with E-state index in [0.29, 0.717) is 19.4 Å².